The molecule has 7 heteroatoms. The van der Waals surface area contributed by atoms with Crippen LogP contribution >= 0.6 is 0 Å². The van der Waals surface area contributed by atoms with Gasteiger partial charge in [0.25, 0.3) is 0 Å². The number of aromatic nitrogens is 1. The Bertz CT molecular complexity index is 666. The lowest BCUT2D eigenvalue weighted by Crippen LogP contribution is -2.42. The smallest absolute Gasteiger partial charge is 0.315 e. The van der Waals surface area contributed by atoms with Crippen molar-refractivity contribution in [2.75, 3.05) is 13.2 Å². The Morgan fingerprint density at radius 1 is 1.32 bits per heavy atom. The summed E-state index contributed by atoms with van der Waals surface area (Å²) in [5, 5.41) is 9.58. The fourth-order valence-corrected chi connectivity index (χ4v) is 2.42. The standard InChI is InChI=1S/C18H24FN3O3/c1-12(11-17-13(2)22-25-14(17)3)21-18(23)20-9-4-10-24-16-7-5-15(19)6-8-16/h5-8,12H,4,9-11H2,1-3H3,(H2,20,21,23)/t12-/m1/s1. The summed E-state index contributed by atoms with van der Waals surface area (Å²) in [5.41, 5.74) is 1.88. The van der Waals surface area contributed by atoms with Crippen LogP contribution in [0.5, 0.6) is 5.75 Å². The number of nitrogens with one attached hydrogen (secondary N) is 2. The minimum absolute atomic E-state index is 0.0349. The summed E-state index contributed by atoms with van der Waals surface area (Å²) in [6.45, 7) is 6.62. The molecule has 0 spiro atoms. The first-order valence-electron chi connectivity index (χ1n) is 8.30. The first-order chi connectivity index (χ1) is 12.0. The molecule has 0 saturated heterocycles. The van der Waals surface area contributed by atoms with Crippen LogP contribution in [0.4, 0.5) is 9.18 Å². The van der Waals surface area contributed by atoms with Gasteiger partial charge in [0.2, 0.25) is 0 Å². The number of ether oxygens (including phenoxy) is 1. The van der Waals surface area contributed by atoms with Gasteiger partial charge >= 0.3 is 6.03 Å². The molecular weight excluding hydrogens is 325 g/mol. The van der Waals surface area contributed by atoms with E-state index in [1.54, 1.807) is 12.1 Å². The molecule has 136 valence electrons. The summed E-state index contributed by atoms with van der Waals surface area (Å²) >= 11 is 0. The van der Waals surface area contributed by atoms with Gasteiger partial charge in [0, 0.05) is 18.2 Å². The van der Waals surface area contributed by atoms with Gasteiger partial charge in [-0.15, -0.1) is 0 Å². The molecule has 6 nitrogen and oxygen atoms in total. The fourth-order valence-electron chi connectivity index (χ4n) is 2.42. The second kappa shape index (κ2) is 9.05. The molecule has 0 saturated carbocycles. The molecule has 1 aromatic carbocycles. The van der Waals surface area contributed by atoms with Crippen molar-refractivity contribution in [1.82, 2.24) is 15.8 Å². The number of carbonyl (C=O) groups is 1. The molecule has 0 fully saturated rings. The third-order valence-electron chi connectivity index (χ3n) is 3.76. The first kappa shape index (κ1) is 18.8. The van der Waals surface area contributed by atoms with Gasteiger partial charge in [0.15, 0.2) is 0 Å². The van der Waals surface area contributed by atoms with Crippen LogP contribution in [0, 0.1) is 19.7 Å². The summed E-state index contributed by atoms with van der Waals surface area (Å²) in [6.07, 6.45) is 1.32. The van der Waals surface area contributed by atoms with Crippen LogP contribution in [-0.2, 0) is 6.42 Å². The minimum atomic E-state index is -0.295. The van der Waals surface area contributed by atoms with Crippen LogP contribution in [0.15, 0.2) is 28.8 Å². The van der Waals surface area contributed by atoms with Crippen molar-refractivity contribution in [1.29, 1.82) is 0 Å². The Labute approximate surface area is 146 Å². The van der Waals surface area contributed by atoms with E-state index in [0.29, 0.717) is 31.7 Å². The van der Waals surface area contributed by atoms with Crippen molar-refractivity contribution in [3.63, 3.8) is 0 Å². The van der Waals surface area contributed by atoms with Crippen LogP contribution in [0.25, 0.3) is 0 Å². The Morgan fingerprint density at radius 2 is 2.04 bits per heavy atom. The third-order valence-corrected chi connectivity index (χ3v) is 3.76. The summed E-state index contributed by atoms with van der Waals surface area (Å²) < 4.78 is 23.4. The van der Waals surface area contributed by atoms with Gasteiger partial charge in [0.05, 0.1) is 12.3 Å². The highest BCUT2D eigenvalue weighted by Crippen LogP contribution is 2.14. The van der Waals surface area contributed by atoms with Gasteiger partial charge in [0.1, 0.15) is 17.3 Å². The molecule has 0 unspecified atom stereocenters. The molecule has 0 aliphatic heterocycles. The normalized spacial score (nSPS) is 11.8. The molecule has 1 atom stereocenters. The Balaban J connectivity index is 1.61. The molecular formula is C18H24FN3O3. The number of hydrogen-bond acceptors (Lipinski definition) is 4. The van der Waals surface area contributed by atoms with E-state index in [1.165, 1.54) is 12.1 Å². The summed E-state index contributed by atoms with van der Waals surface area (Å²) in [6, 6.07) is 5.59. The predicted molar refractivity (Wildman–Crippen MR) is 92.2 cm³/mol. The zero-order valence-electron chi connectivity index (χ0n) is 14.8. The van der Waals surface area contributed by atoms with Gasteiger partial charge in [-0.1, -0.05) is 5.16 Å². The van der Waals surface area contributed by atoms with Crippen LogP contribution in [0.2, 0.25) is 0 Å². The molecule has 1 heterocycles. The largest absolute Gasteiger partial charge is 0.494 e. The van der Waals surface area contributed by atoms with Crippen molar-refractivity contribution in [2.24, 2.45) is 0 Å². The lowest BCUT2D eigenvalue weighted by Gasteiger charge is -2.14. The van der Waals surface area contributed by atoms with E-state index >= 15 is 0 Å². The van der Waals surface area contributed by atoms with Gasteiger partial charge in [-0.05, 0) is 57.9 Å². The maximum Gasteiger partial charge on any atom is 0.315 e. The highest BCUT2D eigenvalue weighted by atomic mass is 19.1. The van der Waals surface area contributed by atoms with Crippen LogP contribution < -0.4 is 15.4 Å². The number of rotatable bonds is 8. The number of nitrogens with zero attached hydrogens (tertiary/aromatic N) is 1. The number of amides is 2. The second-order valence-corrected chi connectivity index (χ2v) is 5.96. The zero-order valence-corrected chi connectivity index (χ0v) is 14.8. The number of hydrogen-bond donors (Lipinski definition) is 2. The van der Waals surface area contributed by atoms with Crippen LogP contribution in [0.1, 0.15) is 30.4 Å². The predicted octanol–water partition coefficient (Wildman–Crippen LogP) is 3.13. The minimum Gasteiger partial charge on any atom is -0.494 e. The Morgan fingerprint density at radius 3 is 2.68 bits per heavy atom. The molecule has 2 N–H and O–H groups in total. The summed E-state index contributed by atoms with van der Waals surface area (Å²) in [5.74, 6) is 1.10. The number of aryl methyl sites for hydroxylation is 2. The van der Waals surface area contributed by atoms with Crippen LogP contribution in [-0.4, -0.2) is 30.4 Å². The lowest BCUT2D eigenvalue weighted by atomic mass is 10.1. The topological polar surface area (TPSA) is 76.4 Å². The summed E-state index contributed by atoms with van der Waals surface area (Å²) in [4.78, 5) is 11.9. The second-order valence-electron chi connectivity index (χ2n) is 5.96. The molecule has 25 heavy (non-hydrogen) atoms. The van der Waals surface area contributed by atoms with Crippen molar-refractivity contribution in [2.45, 2.75) is 39.7 Å². The molecule has 2 aromatic rings. The van der Waals surface area contributed by atoms with Crippen molar-refractivity contribution < 1.29 is 18.4 Å². The molecule has 1 aromatic heterocycles. The lowest BCUT2D eigenvalue weighted by molar-refractivity contribution is 0.236. The molecule has 2 amide bonds. The zero-order chi connectivity index (χ0) is 18.2. The van der Waals surface area contributed by atoms with Crippen molar-refractivity contribution in [3.05, 3.63) is 47.1 Å². The first-order valence-corrected chi connectivity index (χ1v) is 8.30. The monoisotopic (exact) mass is 349 g/mol. The van der Waals surface area contributed by atoms with Gasteiger partial charge in [-0.2, -0.15) is 0 Å². The van der Waals surface area contributed by atoms with E-state index in [1.807, 2.05) is 20.8 Å². The third kappa shape index (κ3) is 6.10. The number of carbonyl (C=O) groups excluding carboxylic acids is 1. The van der Waals surface area contributed by atoms with Crippen molar-refractivity contribution >= 4 is 6.03 Å². The van der Waals surface area contributed by atoms with E-state index in [4.69, 9.17) is 9.26 Å². The number of halogens is 1. The highest BCUT2D eigenvalue weighted by molar-refractivity contribution is 5.74. The quantitative estimate of drug-likeness (QED) is 0.718. The number of benzene rings is 1. The molecule has 0 aliphatic rings. The SMILES string of the molecule is Cc1noc(C)c1C[C@@H](C)NC(=O)NCCCOc1ccc(F)cc1. The fraction of sp³-hybridized carbons (Fsp3) is 0.444. The Hall–Kier alpha value is -2.57. The number of urea groups is 1. The summed E-state index contributed by atoms with van der Waals surface area (Å²) in [7, 11) is 0. The maximum atomic E-state index is 12.8. The van der Waals surface area contributed by atoms with Crippen LogP contribution in [0.3, 0.4) is 0 Å². The van der Waals surface area contributed by atoms with Gasteiger partial charge in [-0.3, -0.25) is 0 Å². The average Bonchev–Trinajstić information content (AvgIpc) is 2.88. The highest BCUT2D eigenvalue weighted by Gasteiger charge is 2.14. The van der Waals surface area contributed by atoms with E-state index in [0.717, 1.165) is 17.0 Å². The van der Waals surface area contributed by atoms with Gasteiger partial charge < -0.3 is 19.9 Å². The van der Waals surface area contributed by atoms with E-state index in [-0.39, 0.29) is 17.9 Å². The molecule has 0 aliphatic carbocycles. The van der Waals surface area contributed by atoms with E-state index < -0.39 is 0 Å². The maximum absolute atomic E-state index is 12.8. The van der Waals surface area contributed by atoms with Crippen molar-refractivity contribution in [3.8, 4) is 5.75 Å². The van der Waals surface area contributed by atoms with Gasteiger partial charge in [-0.25, -0.2) is 9.18 Å². The van der Waals surface area contributed by atoms with E-state index in [2.05, 4.69) is 15.8 Å². The molecule has 2 rings (SSSR count). The Kier molecular flexibility index (Phi) is 6.80. The van der Waals surface area contributed by atoms with E-state index in [9.17, 15) is 9.18 Å². The average molecular weight is 349 g/mol. The molecule has 0 bridgehead atoms. The molecule has 0 radical (unpaired) electrons.